The second kappa shape index (κ2) is 4.63. The Morgan fingerprint density at radius 2 is 1.87 bits per heavy atom. The first kappa shape index (κ1) is 12.0. The molecule has 1 rings (SSSR count). The molecule has 0 radical (unpaired) electrons. The fourth-order valence-electron chi connectivity index (χ4n) is 1.14. The summed E-state index contributed by atoms with van der Waals surface area (Å²) in [7, 11) is -3.63. The van der Waals surface area contributed by atoms with Crippen LogP contribution < -0.4 is 4.31 Å². The van der Waals surface area contributed by atoms with Gasteiger partial charge in [-0.3, -0.25) is 4.79 Å². The molecule has 15 heavy (non-hydrogen) atoms. The van der Waals surface area contributed by atoms with E-state index in [1.807, 2.05) is 0 Å². The van der Waals surface area contributed by atoms with Crippen molar-refractivity contribution < 1.29 is 13.2 Å². The van der Waals surface area contributed by atoms with Gasteiger partial charge in [0.1, 0.15) is 5.88 Å². The SMILES string of the molecule is CS(=O)(=O)N(C(=O)CCl)c1ccccc1. The summed E-state index contributed by atoms with van der Waals surface area (Å²) < 4.78 is 23.5. The van der Waals surface area contributed by atoms with Crippen LogP contribution in [0.25, 0.3) is 0 Å². The van der Waals surface area contributed by atoms with Crippen LogP contribution in [0.3, 0.4) is 0 Å². The number of hydrogen-bond donors (Lipinski definition) is 0. The van der Waals surface area contributed by atoms with Gasteiger partial charge in [-0.1, -0.05) is 18.2 Å². The molecule has 0 saturated carbocycles. The number of benzene rings is 1. The Labute approximate surface area is 93.5 Å². The summed E-state index contributed by atoms with van der Waals surface area (Å²) in [6, 6.07) is 8.09. The minimum atomic E-state index is -3.63. The molecule has 0 atom stereocenters. The number of hydrogen-bond acceptors (Lipinski definition) is 3. The van der Waals surface area contributed by atoms with Crippen molar-refractivity contribution in [1.29, 1.82) is 0 Å². The Balaban J connectivity index is 3.20. The van der Waals surface area contributed by atoms with Crippen LogP contribution in [0.2, 0.25) is 0 Å². The first-order valence-corrected chi connectivity index (χ1v) is 6.49. The number of anilines is 1. The summed E-state index contributed by atoms with van der Waals surface area (Å²) in [6.45, 7) is 0. The van der Waals surface area contributed by atoms with Crippen molar-refractivity contribution in [3.05, 3.63) is 30.3 Å². The molecule has 0 N–H and O–H groups in total. The molecule has 0 unspecified atom stereocenters. The quantitative estimate of drug-likeness (QED) is 0.755. The maximum Gasteiger partial charge on any atom is 0.255 e. The zero-order valence-corrected chi connectivity index (χ0v) is 9.62. The topological polar surface area (TPSA) is 54.5 Å². The van der Waals surface area contributed by atoms with Crippen molar-refractivity contribution >= 4 is 33.2 Å². The molecular formula is C9H10ClNO3S. The number of carbonyl (C=O) groups is 1. The van der Waals surface area contributed by atoms with Crippen LogP contribution in [0.1, 0.15) is 0 Å². The lowest BCUT2D eigenvalue weighted by Gasteiger charge is -2.18. The van der Waals surface area contributed by atoms with Crippen LogP contribution >= 0.6 is 11.6 Å². The van der Waals surface area contributed by atoms with Gasteiger partial charge in [0.05, 0.1) is 11.9 Å². The van der Waals surface area contributed by atoms with Crippen LogP contribution in [-0.2, 0) is 14.8 Å². The van der Waals surface area contributed by atoms with Gasteiger partial charge >= 0.3 is 0 Å². The Morgan fingerprint density at radius 1 is 1.33 bits per heavy atom. The van der Waals surface area contributed by atoms with E-state index >= 15 is 0 Å². The molecule has 0 aliphatic carbocycles. The summed E-state index contributed by atoms with van der Waals surface area (Å²) in [5.74, 6) is -1.03. The molecule has 4 nitrogen and oxygen atoms in total. The first-order valence-electron chi connectivity index (χ1n) is 4.11. The summed E-state index contributed by atoms with van der Waals surface area (Å²) >= 11 is 5.35. The van der Waals surface area contributed by atoms with E-state index in [1.54, 1.807) is 18.2 Å². The highest BCUT2D eigenvalue weighted by molar-refractivity contribution is 7.92. The molecule has 0 aromatic heterocycles. The van der Waals surface area contributed by atoms with Crippen LogP contribution in [0.15, 0.2) is 30.3 Å². The summed E-state index contributed by atoms with van der Waals surface area (Å²) in [5.41, 5.74) is 0.297. The zero-order valence-electron chi connectivity index (χ0n) is 8.05. The fraction of sp³-hybridized carbons (Fsp3) is 0.222. The highest BCUT2D eigenvalue weighted by Gasteiger charge is 2.23. The number of halogens is 1. The average molecular weight is 248 g/mol. The smallest absolute Gasteiger partial charge is 0.255 e. The van der Waals surface area contributed by atoms with Crippen molar-refractivity contribution in [2.45, 2.75) is 0 Å². The number of rotatable bonds is 3. The summed E-state index contributed by atoms with van der Waals surface area (Å²) in [5, 5.41) is 0. The third kappa shape index (κ3) is 2.94. The van der Waals surface area contributed by atoms with Gasteiger partial charge in [0, 0.05) is 0 Å². The monoisotopic (exact) mass is 247 g/mol. The largest absolute Gasteiger partial charge is 0.272 e. The maximum absolute atomic E-state index is 11.4. The van der Waals surface area contributed by atoms with Gasteiger partial charge in [0.2, 0.25) is 10.0 Å². The molecule has 0 aliphatic heterocycles. The predicted molar refractivity (Wildman–Crippen MR) is 59.5 cm³/mol. The van der Waals surface area contributed by atoms with E-state index in [2.05, 4.69) is 0 Å². The van der Waals surface area contributed by atoms with E-state index in [0.717, 1.165) is 6.26 Å². The van der Waals surface area contributed by atoms with Crippen molar-refractivity contribution in [3.8, 4) is 0 Å². The number of alkyl halides is 1. The second-order valence-corrected chi connectivity index (χ2v) is 4.99. The molecule has 0 saturated heterocycles. The van der Waals surface area contributed by atoms with Crippen molar-refractivity contribution in [2.24, 2.45) is 0 Å². The number of para-hydroxylation sites is 1. The average Bonchev–Trinajstić information content (AvgIpc) is 2.17. The van der Waals surface area contributed by atoms with Gasteiger partial charge in [-0.25, -0.2) is 12.7 Å². The van der Waals surface area contributed by atoms with Crippen LogP contribution in [-0.4, -0.2) is 26.5 Å². The molecular weight excluding hydrogens is 238 g/mol. The first-order chi connectivity index (χ1) is 6.96. The molecule has 1 aromatic rings. The zero-order chi connectivity index (χ0) is 11.5. The molecule has 1 amide bonds. The van der Waals surface area contributed by atoms with E-state index in [-0.39, 0.29) is 5.88 Å². The fourth-order valence-corrected chi connectivity index (χ4v) is 2.27. The highest BCUT2D eigenvalue weighted by atomic mass is 35.5. The molecule has 1 aromatic carbocycles. The Bertz CT molecular complexity index is 444. The van der Waals surface area contributed by atoms with Crippen molar-refractivity contribution in [1.82, 2.24) is 0 Å². The van der Waals surface area contributed by atoms with E-state index in [9.17, 15) is 13.2 Å². The minimum Gasteiger partial charge on any atom is -0.272 e. The predicted octanol–water partition coefficient (Wildman–Crippen LogP) is 1.22. The summed E-state index contributed by atoms with van der Waals surface area (Å²) in [6.07, 6.45) is 0.963. The Kier molecular flexibility index (Phi) is 3.71. The Morgan fingerprint density at radius 3 is 2.27 bits per heavy atom. The van der Waals surface area contributed by atoms with E-state index in [0.29, 0.717) is 9.99 Å². The standard InChI is InChI=1S/C9H10ClNO3S/c1-15(13,14)11(9(12)7-10)8-5-3-2-4-6-8/h2-6H,7H2,1H3. The lowest BCUT2D eigenvalue weighted by atomic mass is 10.3. The van der Waals surface area contributed by atoms with E-state index in [1.165, 1.54) is 12.1 Å². The van der Waals surface area contributed by atoms with Gasteiger partial charge in [0.15, 0.2) is 0 Å². The van der Waals surface area contributed by atoms with Gasteiger partial charge in [-0.2, -0.15) is 0 Å². The third-order valence-corrected chi connectivity index (χ3v) is 2.97. The third-order valence-electron chi connectivity index (χ3n) is 1.66. The normalized spacial score (nSPS) is 11.1. The molecule has 6 heteroatoms. The second-order valence-electron chi connectivity index (χ2n) is 2.89. The van der Waals surface area contributed by atoms with Crippen molar-refractivity contribution in [3.63, 3.8) is 0 Å². The van der Waals surface area contributed by atoms with E-state index in [4.69, 9.17) is 11.6 Å². The van der Waals surface area contributed by atoms with Crippen LogP contribution in [0, 0.1) is 0 Å². The van der Waals surface area contributed by atoms with Gasteiger partial charge in [-0.15, -0.1) is 11.6 Å². The van der Waals surface area contributed by atoms with Gasteiger partial charge < -0.3 is 0 Å². The van der Waals surface area contributed by atoms with Crippen molar-refractivity contribution in [2.75, 3.05) is 16.4 Å². The lowest BCUT2D eigenvalue weighted by molar-refractivity contribution is -0.115. The number of nitrogens with zero attached hydrogens (tertiary/aromatic N) is 1. The van der Waals surface area contributed by atoms with Crippen LogP contribution in [0.4, 0.5) is 5.69 Å². The highest BCUT2D eigenvalue weighted by Crippen LogP contribution is 2.17. The van der Waals surface area contributed by atoms with Crippen LogP contribution in [0.5, 0.6) is 0 Å². The maximum atomic E-state index is 11.4. The molecule has 0 heterocycles. The molecule has 0 fully saturated rings. The Hall–Kier alpha value is -1.07. The molecule has 82 valence electrons. The van der Waals surface area contributed by atoms with E-state index < -0.39 is 15.9 Å². The number of carbonyl (C=O) groups excluding carboxylic acids is 1. The van der Waals surface area contributed by atoms with Gasteiger partial charge in [0.25, 0.3) is 5.91 Å². The van der Waals surface area contributed by atoms with Gasteiger partial charge in [-0.05, 0) is 12.1 Å². The number of amides is 1. The lowest BCUT2D eigenvalue weighted by Crippen LogP contribution is -2.36. The number of sulfonamides is 1. The molecule has 0 aliphatic rings. The minimum absolute atomic E-state index is 0.297. The molecule has 0 bridgehead atoms. The summed E-state index contributed by atoms with van der Waals surface area (Å²) in [4.78, 5) is 11.4. The molecule has 0 spiro atoms.